The lowest BCUT2D eigenvalue weighted by atomic mass is 9.98. The highest BCUT2D eigenvalue weighted by Crippen LogP contribution is 2.38. The van der Waals surface area contributed by atoms with Crippen molar-refractivity contribution in [2.75, 3.05) is 0 Å². The van der Waals surface area contributed by atoms with Crippen LogP contribution in [-0.2, 0) is 14.1 Å². The van der Waals surface area contributed by atoms with Crippen LogP contribution >= 0.6 is 45.3 Å². The zero-order valence-corrected chi connectivity index (χ0v) is 27.5. The molecule has 46 heavy (non-hydrogen) atoms. The minimum absolute atomic E-state index is 0.103. The maximum absolute atomic E-state index is 14.5. The van der Waals surface area contributed by atoms with Crippen LogP contribution in [-0.4, -0.2) is 29.1 Å². The first-order valence-corrected chi connectivity index (χ1v) is 17.7. The second-order valence-corrected chi connectivity index (χ2v) is 14.4. The van der Waals surface area contributed by atoms with Gasteiger partial charge < -0.3 is 9.13 Å². The number of nitrogens with zero attached hydrogens (tertiary/aromatic N) is 6. The molecule has 0 aliphatic carbocycles. The van der Waals surface area contributed by atoms with Gasteiger partial charge in [-0.3, -0.25) is 9.59 Å². The van der Waals surface area contributed by atoms with Crippen LogP contribution in [0.25, 0.3) is 85.9 Å². The highest BCUT2D eigenvalue weighted by Gasteiger charge is 2.22. The Hall–Kier alpha value is -4.88. The normalized spacial score (nSPS) is 11.9. The van der Waals surface area contributed by atoms with Crippen LogP contribution in [0.4, 0.5) is 0 Å². The zero-order valence-electron chi connectivity index (χ0n) is 24.2. The molecule has 0 amide bonds. The molecule has 9 aromatic rings. The summed E-state index contributed by atoms with van der Waals surface area (Å²) in [6.45, 7) is 0. The lowest BCUT2D eigenvalue weighted by Crippen LogP contribution is -2.14. The standard InChI is InChI=1S/C34H20N6O2S4/c1-39-23-15-20-24(40(2)26-14-18(32-36-4-8-44-32)12-22(28(26)30(20)42)34-38-6-10-46-34)16-19(23)29(41)27-21(33-37-5-9-45-33)11-17(13-25(27)39)31-35-3-7-43-31/h3-16H,1-2H3. The van der Waals surface area contributed by atoms with Gasteiger partial charge in [0.1, 0.15) is 20.0 Å². The molecule has 0 fully saturated rings. The molecule has 0 bridgehead atoms. The number of aryl methyl sites for hydroxylation is 2. The molecule has 9 rings (SSSR count). The first-order valence-electron chi connectivity index (χ1n) is 14.2. The van der Waals surface area contributed by atoms with Gasteiger partial charge in [-0.1, -0.05) is 0 Å². The van der Waals surface area contributed by atoms with Crippen LogP contribution < -0.4 is 10.9 Å². The van der Waals surface area contributed by atoms with Gasteiger partial charge in [0.15, 0.2) is 10.9 Å². The number of hydrogen-bond donors (Lipinski definition) is 0. The van der Waals surface area contributed by atoms with E-state index in [1.165, 1.54) is 22.7 Å². The third-order valence-electron chi connectivity index (χ3n) is 8.42. The Labute approximate surface area is 276 Å². The van der Waals surface area contributed by atoms with E-state index in [2.05, 4.69) is 19.9 Å². The molecule has 12 heteroatoms. The number of hydrogen-bond acceptors (Lipinski definition) is 10. The van der Waals surface area contributed by atoms with Crippen molar-refractivity contribution in [1.29, 1.82) is 0 Å². The fourth-order valence-electron chi connectivity index (χ4n) is 6.31. The lowest BCUT2D eigenvalue weighted by Gasteiger charge is -2.17. The summed E-state index contributed by atoms with van der Waals surface area (Å²) in [6.07, 6.45) is 7.06. The SMILES string of the molecule is Cn1c2cc3c(=O)c4c(-c5nccs5)cc(-c5nccs5)cc4n(C)c3cc2c(=O)c2c(-c3nccs3)cc(-c3nccs3)cc21. The van der Waals surface area contributed by atoms with E-state index in [0.717, 1.165) is 53.3 Å². The molecule has 3 aromatic carbocycles. The molecule has 0 unspecified atom stereocenters. The van der Waals surface area contributed by atoms with Crippen molar-refractivity contribution < 1.29 is 0 Å². The first-order chi connectivity index (χ1) is 22.5. The topological polar surface area (TPSA) is 95.6 Å². The first kappa shape index (κ1) is 27.4. The number of thiazole rings is 4. The average molecular weight is 673 g/mol. The zero-order chi connectivity index (χ0) is 31.1. The highest BCUT2D eigenvalue weighted by molar-refractivity contribution is 7.14. The predicted octanol–water partition coefficient (Wildman–Crippen LogP) is 8.19. The quantitative estimate of drug-likeness (QED) is 0.175. The van der Waals surface area contributed by atoms with Gasteiger partial charge in [0.2, 0.25) is 0 Å². The number of rotatable bonds is 4. The largest absolute Gasteiger partial charge is 0.343 e. The van der Waals surface area contributed by atoms with Crippen LogP contribution in [0.3, 0.4) is 0 Å². The molecule has 8 nitrogen and oxygen atoms in total. The Morgan fingerprint density at radius 1 is 0.478 bits per heavy atom. The van der Waals surface area contributed by atoms with Gasteiger partial charge in [-0.15, -0.1) is 45.3 Å². The molecular formula is C34H20N6O2S4. The van der Waals surface area contributed by atoms with Crippen molar-refractivity contribution >= 4 is 89.0 Å². The summed E-state index contributed by atoms with van der Waals surface area (Å²) in [6, 6.07) is 11.8. The Balaban J connectivity index is 1.43. The van der Waals surface area contributed by atoms with Crippen LogP contribution in [0.15, 0.2) is 92.3 Å². The Kier molecular flexibility index (Phi) is 6.16. The van der Waals surface area contributed by atoms with Crippen molar-refractivity contribution in [3.8, 4) is 42.3 Å². The summed E-state index contributed by atoms with van der Waals surface area (Å²) >= 11 is 6.08. The average Bonchev–Trinajstić information content (AvgIpc) is 3.92. The van der Waals surface area contributed by atoms with E-state index in [1.54, 1.807) is 47.5 Å². The van der Waals surface area contributed by atoms with Gasteiger partial charge in [-0.2, -0.15) is 0 Å². The van der Waals surface area contributed by atoms with E-state index in [0.29, 0.717) is 32.6 Å². The molecule has 0 atom stereocenters. The highest BCUT2D eigenvalue weighted by atomic mass is 32.1. The maximum atomic E-state index is 14.5. The van der Waals surface area contributed by atoms with E-state index in [-0.39, 0.29) is 10.9 Å². The third kappa shape index (κ3) is 4.01. The van der Waals surface area contributed by atoms with Gasteiger partial charge in [-0.25, -0.2) is 19.9 Å². The molecule has 0 N–H and O–H groups in total. The Morgan fingerprint density at radius 3 is 1.20 bits per heavy atom. The van der Waals surface area contributed by atoms with E-state index < -0.39 is 0 Å². The minimum atomic E-state index is -0.103. The van der Waals surface area contributed by atoms with Crippen LogP contribution in [0, 0.1) is 0 Å². The second kappa shape index (κ2) is 10.3. The van der Waals surface area contributed by atoms with E-state index >= 15 is 0 Å². The van der Waals surface area contributed by atoms with Gasteiger partial charge in [0, 0.05) is 93.4 Å². The van der Waals surface area contributed by atoms with Gasteiger partial charge in [-0.05, 0) is 36.4 Å². The van der Waals surface area contributed by atoms with Gasteiger partial charge in [0.25, 0.3) is 0 Å². The Morgan fingerprint density at radius 2 is 0.848 bits per heavy atom. The molecule has 0 saturated heterocycles. The number of benzene rings is 3. The molecule has 0 aliphatic heterocycles. The maximum Gasteiger partial charge on any atom is 0.198 e. The summed E-state index contributed by atoms with van der Waals surface area (Å²) in [5, 5.41) is 13.2. The number of aromatic nitrogens is 6. The van der Waals surface area contributed by atoms with Gasteiger partial charge in [0.05, 0.1) is 32.8 Å². The molecule has 0 radical (unpaired) electrons. The van der Waals surface area contributed by atoms with Crippen molar-refractivity contribution in [3.05, 3.63) is 103 Å². The van der Waals surface area contributed by atoms with E-state index in [4.69, 9.17) is 0 Å². The fraction of sp³-hybridized carbons (Fsp3) is 0.0588. The van der Waals surface area contributed by atoms with Crippen molar-refractivity contribution in [3.63, 3.8) is 0 Å². The summed E-state index contributed by atoms with van der Waals surface area (Å²) in [4.78, 5) is 47.3. The number of pyridine rings is 2. The van der Waals surface area contributed by atoms with Crippen LogP contribution in [0.1, 0.15) is 0 Å². The minimum Gasteiger partial charge on any atom is -0.343 e. The molecule has 0 spiro atoms. The number of fused-ring (bicyclic) bond motifs is 4. The Bertz CT molecular complexity index is 2550. The summed E-state index contributed by atoms with van der Waals surface area (Å²) in [7, 11) is 3.89. The van der Waals surface area contributed by atoms with Crippen molar-refractivity contribution in [1.82, 2.24) is 29.1 Å². The van der Waals surface area contributed by atoms with Gasteiger partial charge >= 0.3 is 0 Å². The van der Waals surface area contributed by atoms with E-state index in [9.17, 15) is 9.59 Å². The van der Waals surface area contributed by atoms with Crippen LogP contribution in [0.5, 0.6) is 0 Å². The molecule has 6 heterocycles. The molecule has 222 valence electrons. The molecule has 6 aromatic heterocycles. The lowest BCUT2D eigenvalue weighted by molar-refractivity contribution is 0.994. The smallest absolute Gasteiger partial charge is 0.198 e. The van der Waals surface area contributed by atoms with E-state index in [1.807, 2.05) is 81.1 Å². The predicted molar refractivity (Wildman–Crippen MR) is 191 cm³/mol. The molecular weight excluding hydrogens is 653 g/mol. The molecule has 0 aliphatic rings. The third-order valence-corrected chi connectivity index (χ3v) is 11.7. The van der Waals surface area contributed by atoms with Crippen molar-refractivity contribution in [2.24, 2.45) is 14.1 Å². The summed E-state index contributed by atoms with van der Waals surface area (Å²) < 4.78 is 4.02. The summed E-state index contributed by atoms with van der Waals surface area (Å²) in [5.41, 5.74) is 6.02. The molecule has 0 saturated carbocycles. The van der Waals surface area contributed by atoms with Crippen molar-refractivity contribution in [2.45, 2.75) is 0 Å². The monoisotopic (exact) mass is 672 g/mol. The fourth-order valence-corrected chi connectivity index (χ4v) is 8.89. The summed E-state index contributed by atoms with van der Waals surface area (Å²) in [5.74, 6) is 0. The van der Waals surface area contributed by atoms with Crippen LogP contribution in [0.2, 0.25) is 0 Å². The second-order valence-electron chi connectivity index (χ2n) is 10.8.